The summed E-state index contributed by atoms with van der Waals surface area (Å²) >= 11 is 0. The van der Waals surface area contributed by atoms with Gasteiger partial charge in [0.25, 0.3) is 0 Å². The predicted octanol–water partition coefficient (Wildman–Crippen LogP) is 4.44. The van der Waals surface area contributed by atoms with E-state index in [0.29, 0.717) is 0 Å². The van der Waals surface area contributed by atoms with Crippen molar-refractivity contribution >= 4 is 34.2 Å². The maximum absolute atomic E-state index is 4.56. The van der Waals surface area contributed by atoms with Crippen LogP contribution in [0.4, 0.5) is 11.6 Å². The summed E-state index contributed by atoms with van der Waals surface area (Å²) < 4.78 is 0. The van der Waals surface area contributed by atoms with Crippen LogP contribution >= 0.6 is 0 Å². The van der Waals surface area contributed by atoms with E-state index >= 15 is 0 Å². The molecule has 1 aromatic carbocycles. The first kappa shape index (κ1) is 17.1. The molecule has 4 heterocycles. The third kappa shape index (κ3) is 3.66. The summed E-state index contributed by atoms with van der Waals surface area (Å²) in [4.78, 5) is 15.8. The second-order valence-corrected chi connectivity index (χ2v) is 7.44. The van der Waals surface area contributed by atoms with E-state index in [0.717, 1.165) is 35.5 Å². The van der Waals surface area contributed by atoms with Crippen LogP contribution in [0.3, 0.4) is 0 Å². The monoisotopic (exact) mass is 369 g/mol. The lowest BCUT2D eigenvalue weighted by Crippen LogP contribution is -2.18. The minimum atomic E-state index is 0.774. The van der Waals surface area contributed by atoms with Crippen molar-refractivity contribution in [1.29, 1.82) is 0 Å². The van der Waals surface area contributed by atoms with Crippen LogP contribution in [0.25, 0.3) is 16.3 Å². The van der Waals surface area contributed by atoms with E-state index in [1.54, 1.807) is 0 Å². The number of aliphatic imine (C=N–C) groups is 1. The summed E-state index contributed by atoms with van der Waals surface area (Å²) in [5, 5.41) is 5.65. The summed E-state index contributed by atoms with van der Waals surface area (Å²) in [5.74, 6) is 1.65. The summed E-state index contributed by atoms with van der Waals surface area (Å²) in [7, 11) is 0. The lowest BCUT2D eigenvalue weighted by Gasteiger charge is -2.15. The molecular formula is C23H23N5. The van der Waals surface area contributed by atoms with E-state index in [9.17, 15) is 0 Å². The number of nitrogens with zero attached hydrogens (tertiary/aromatic N) is 4. The van der Waals surface area contributed by atoms with Crippen molar-refractivity contribution in [2.24, 2.45) is 4.99 Å². The molecule has 1 N–H and O–H groups in total. The summed E-state index contributed by atoms with van der Waals surface area (Å²) in [6, 6.07) is 12.7. The van der Waals surface area contributed by atoms with Crippen LogP contribution in [-0.2, 0) is 6.54 Å². The Hall–Kier alpha value is -3.05. The number of hydrogen-bond acceptors (Lipinski definition) is 5. The molecule has 0 unspecified atom stereocenters. The van der Waals surface area contributed by atoms with Gasteiger partial charge < -0.3 is 5.32 Å². The van der Waals surface area contributed by atoms with Gasteiger partial charge in [-0.05, 0) is 72.3 Å². The SMILES string of the molecule is C1=NCC=C1c1ccc2cnc(Nc3cc(CN4CCCC4)ccn3)cc2c1. The number of anilines is 2. The Morgan fingerprint density at radius 1 is 0.929 bits per heavy atom. The Morgan fingerprint density at radius 3 is 2.68 bits per heavy atom. The largest absolute Gasteiger partial charge is 0.325 e. The van der Waals surface area contributed by atoms with Crippen LogP contribution in [0, 0.1) is 0 Å². The van der Waals surface area contributed by atoms with Crippen LogP contribution < -0.4 is 5.32 Å². The molecule has 0 saturated carbocycles. The number of aromatic nitrogens is 2. The quantitative estimate of drug-likeness (QED) is 0.722. The molecule has 1 saturated heterocycles. The summed E-state index contributed by atoms with van der Waals surface area (Å²) in [5.41, 5.74) is 3.66. The highest BCUT2D eigenvalue weighted by atomic mass is 15.1. The van der Waals surface area contributed by atoms with E-state index in [2.05, 4.69) is 67.7 Å². The molecule has 0 spiro atoms. The van der Waals surface area contributed by atoms with Crippen LogP contribution in [0.2, 0.25) is 0 Å². The Labute approximate surface area is 164 Å². The van der Waals surface area contributed by atoms with E-state index in [-0.39, 0.29) is 0 Å². The van der Waals surface area contributed by atoms with Gasteiger partial charge in [-0.25, -0.2) is 9.97 Å². The van der Waals surface area contributed by atoms with Gasteiger partial charge in [-0.1, -0.05) is 18.2 Å². The van der Waals surface area contributed by atoms with E-state index in [4.69, 9.17) is 0 Å². The number of fused-ring (bicyclic) bond motifs is 1. The average molecular weight is 369 g/mol. The smallest absolute Gasteiger partial charge is 0.132 e. The van der Waals surface area contributed by atoms with E-state index in [1.807, 2.05) is 18.6 Å². The number of nitrogens with one attached hydrogen (secondary N) is 1. The Balaban J connectivity index is 1.37. The third-order valence-electron chi connectivity index (χ3n) is 5.39. The highest BCUT2D eigenvalue weighted by Gasteiger charge is 2.12. The van der Waals surface area contributed by atoms with Gasteiger partial charge in [0.15, 0.2) is 0 Å². The topological polar surface area (TPSA) is 53.4 Å². The lowest BCUT2D eigenvalue weighted by molar-refractivity contribution is 0.331. The molecule has 2 aliphatic heterocycles. The van der Waals surface area contributed by atoms with E-state index in [1.165, 1.54) is 42.6 Å². The highest BCUT2D eigenvalue weighted by molar-refractivity contribution is 6.12. The Kier molecular flexibility index (Phi) is 4.59. The zero-order valence-corrected chi connectivity index (χ0v) is 15.8. The van der Waals surface area contributed by atoms with Crippen molar-refractivity contribution in [2.45, 2.75) is 19.4 Å². The molecule has 140 valence electrons. The Bertz CT molecular complexity index is 1060. The van der Waals surface area contributed by atoms with Gasteiger partial charge >= 0.3 is 0 Å². The number of hydrogen-bond donors (Lipinski definition) is 1. The molecule has 5 heteroatoms. The van der Waals surface area contributed by atoms with Crippen molar-refractivity contribution in [2.75, 3.05) is 25.0 Å². The van der Waals surface area contributed by atoms with Crippen molar-refractivity contribution in [1.82, 2.24) is 14.9 Å². The standard InChI is InChI=1S/C23H23N5/c1-2-10-28(9-1)16-17-5-8-25-22(11-17)27-23-13-21-12-18(20-6-7-24-14-20)3-4-19(21)15-26-23/h3-6,8,11-15H,1-2,7,9-10,16H2,(H,25,26,27). The average Bonchev–Trinajstić information content (AvgIpc) is 3.42. The molecule has 0 atom stereocenters. The fourth-order valence-corrected chi connectivity index (χ4v) is 3.91. The van der Waals surface area contributed by atoms with Gasteiger partial charge in [0.05, 0.1) is 6.54 Å². The first-order valence-corrected chi connectivity index (χ1v) is 9.88. The second-order valence-electron chi connectivity index (χ2n) is 7.44. The van der Waals surface area contributed by atoms with Crippen molar-refractivity contribution in [3.63, 3.8) is 0 Å². The van der Waals surface area contributed by atoms with Crippen LogP contribution in [-0.4, -0.2) is 40.7 Å². The molecule has 2 aromatic heterocycles. The van der Waals surface area contributed by atoms with Crippen LogP contribution in [0.1, 0.15) is 24.0 Å². The summed E-state index contributed by atoms with van der Waals surface area (Å²) in [6.07, 6.45) is 10.5. The lowest BCUT2D eigenvalue weighted by atomic mass is 10.0. The third-order valence-corrected chi connectivity index (χ3v) is 5.39. The zero-order chi connectivity index (χ0) is 18.8. The maximum atomic E-state index is 4.56. The van der Waals surface area contributed by atoms with Gasteiger partial charge in [0, 0.05) is 30.5 Å². The van der Waals surface area contributed by atoms with Gasteiger partial charge in [-0.2, -0.15) is 0 Å². The van der Waals surface area contributed by atoms with Gasteiger partial charge in [0.2, 0.25) is 0 Å². The summed E-state index contributed by atoms with van der Waals surface area (Å²) in [6.45, 7) is 4.15. The number of pyridine rings is 2. The predicted molar refractivity (Wildman–Crippen MR) is 115 cm³/mol. The highest BCUT2D eigenvalue weighted by Crippen LogP contribution is 2.24. The van der Waals surface area contributed by atoms with Crippen molar-refractivity contribution < 1.29 is 0 Å². The molecule has 28 heavy (non-hydrogen) atoms. The Morgan fingerprint density at radius 2 is 1.82 bits per heavy atom. The molecule has 5 rings (SSSR count). The fraction of sp³-hybridized carbons (Fsp3) is 0.261. The van der Waals surface area contributed by atoms with Gasteiger partial charge in [-0.3, -0.25) is 9.89 Å². The first-order chi connectivity index (χ1) is 13.8. The number of likely N-dealkylation sites (tertiary alicyclic amines) is 1. The van der Waals surface area contributed by atoms with Gasteiger partial charge in [-0.15, -0.1) is 0 Å². The minimum absolute atomic E-state index is 0.774. The number of allylic oxidation sites excluding steroid dienone is 1. The molecule has 3 aromatic rings. The minimum Gasteiger partial charge on any atom is -0.325 e. The van der Waals surface area contributed by atoms with E-state index < -0.39 is 0 Å². The first-order valence-electron chi connectivity index (χ1n) is 9.88. The molecule has 2 aliphatic rings. The molecule has 0 radical (unpaired) electrons. The molecule has 5 nitrogen and oxygen atoms in total. The van der Waals surface area contributed by atoms with Crippen molar-refractivity contribution in [3.8, 4) is 0 Å². The second kappa shape index (κ2) is 7.52. The zero-order valence-electron chi connectivity index (χ0n) is 15.8. The number of rotatable bonds is 5. The maximum Gasteiger partial charge on any atom is 0.132 e. The number of benzene rings is 1. The normalized spacial score (nSPS) is 16.6. The van der Waals surface area contributed by atoms with Crippen molar-refractivity contribution in [3.05, 3.63) is 66.0 Å². The molecule has 1 fully saturated rings. The molecule has 0 bridgehead atoms. The van der Waals surface area contributed by atoms with Crippen LogP contribution in [0.15, 0.2) is 59.9 Å². The molecule has 0 amide bonds. The van der Waals surface area contributed by atoms with Gasteiger partial charge in [0.1, 0.15) is 11.6 Å². The molecule has 0 aliphatic carbocycles. The fourth-order valence-electron chi connectivity index (χ4n) is 3.91. The van der Waals surface area contributed by atoms with Crippen LogP contribution in [0.5, 0.6) is 0 Å². The molecular weight excluding hydrogens is 346 g/mol.